The SMILES string of the molecule is CCNC(COc1ccccc1)(C(=O)O)C1CC1. The van der Waals surface area contributed by atoms with Gasteiger partial charge in [0.1, 0.15) is 12.4 Å². The molecule has 1 aliphatic carbocycles. The number of carbonyl (C=O) groups is 1. The van der Waals surface area contributed by atoms with Gasteiger partial charge in [-0.15, -0.1) is 0 Å². The normalized spacial score (nSPS) is 18.1. The first-order valence-electron chi connectivity index (χ1n) is 6.35. The van der Waals surface area contributed by atoms with E-state index in [1.165, 1.54) is 0 Å². The molecule has 0 saturated heterocycles. The van der Waals surface area contributed by atoms with Crippen LogP contribution >= 0.6 is 0 Å². The lowest BCUT2D eigenvalue weighted by atomic mass is 9.94. The molecule has 4 heteroatoms. The van der Waals surface area contributed by atoms with E-state index in [-0.39, 0.29) is 12.5 Å². The molecule has 2 rings (SSSR count). The third-order valence-electron chi connectivity index (χ3n) is 3.36. The van der Waals surface area contributed by atoms with Crippen LogP contribution < -0.4 is 10.1 Å². The van der Waals surface area contributed by atoms with Crippen molar-refractivity contribution in [1.29, 1.82) is 0 Å². The van der Waals surface area contributed by atoms with Crippen LogP contribution in [0, 0.1) is 5.92 Å². The largest absolute Gasteiger partial charge is 0.491 e. The van der Waals surface area contributed by atoms with Gasteiger partial charge < -0.3 is 9.84 Å². The zero-order chi connectivity index (χ0) is 13.0. The Morgan fingerprint density at radius 1 is 1.44 bits per heavy atom. The molecule has 0 spiro atoms. The molecule has 4 nitrogen and oxygen atoms in total. The van der Waals surface area contributed by atoms with Gasteiger partial charge in [-0.3, -0.25) is 10.1 Å². The maximum Gasteiger partial charge on any atom is 0.327 e. The van der Waals surface area contributed by atoms with Crippen LogP contribution in [-0.2, 0) is 4.79 Å². The predicted molar refractivity (Wildman–Crippen MR) is 68.7 cm³/mol. The van der Waals surface area contributed by atoms with Gasteiger partial charge in [-0.2, -0.15) is 0 Å². The van der Waals surface area contributed by atoms with Gasteiger partial charge in [-0.05, 0) is 37.4 Å². The van der Waals surface area contributed by atoms with Crippen LogP contribution in [0.25, 0.3) is 0 Å². The van der Waals surface area contributed by atoms with Crippen molar-refractivity contribution in [2.24, 2.45) is 5.92 Å². The van der Waals surface area contributed by atoms with Gasteiger partial charge >= 0.3 is 5.97 Å². The molecule has 0 aliphatic heterocycles. The number of nitrogens with one attached hydrogen (secondary N) is 1. The van der Waals surface area contributed by atoms with Crippen molar-refractivity contribution in [2.75, 3.05) is 13.2 Å². The molecule has 98 valence electrons. The van der Waals surface area contributed by atoms with Crippen LogP contribution in [0.4, 0.5) is 0 Å². The van der Waals surface area contributed by atoms with Gasteiger partial charge in [-0.25, -0.2) is 0 Å². The lowest BCUT2D eigenvalue weighted by molar-refractivity contribution is -0.147. The number of hydrogen-bond donors (Lipinski definition) is 2. The molecule has 1 fully saturated rings. The van der Waals surface area contributed by atoms with Crippen LogP contribution in [0.2, 0.25) is 0 Å². The van der Waals surface area contributed by atoms with Crippen molar-refractivity contribution in [3.63, 3.8) is 0 Å². The van der Waals surface area contributed by atoms with Crippen molar-refractivity contribution < 1.29 is 14.6 Å². The van der Waals surface area contributed by atoms with E-state index in [9.17, 15) is 9.90 Å². The lowest BCUT2D eigenvalue weighted by Gasteiger charge is -2.30. The quantitative estimate of drug-likeness (QED) is 0.775. The first-order valence-corrected chi connectivity index (χ1v) is 6.35. The molecule has 1 aromatic carbocycles. The second-order valence-corrected chi connectivity index (χ2v) is 4.68. The molecule has 1 aromatic rings. The van der Waals surface area contributed by atoms with E-state index in [1.54, 1.807) is 0 Å². The number of ether oxygens (including phenoxy) is 1. The minimum Gasteiger partial charge on any atom is -0.491 e. The van der Waals surface area contributed by atoms with Crippen molar-refractivity contribution >= 4 is 5.97 Å². The molecular formula is C14H19NO3. The van der Waals surface area contributed by atoms with Gasteiger partial charge in [0.05, 0.1) is 0 Å². The molecular weight excluding hydrogens is 230 g/mol. The van der Waals surface area contributed by atoms with Crippen molar-refractivity contribution in [3.8, 4) is 5.75 Å². The maximum absolute atomic E-state index is 11.6. The molecule has 18 heavy (non-hydrogen) atoms. The minimum absolute atomic E-state index is 0.171. The van der Waals surface area contributed by atoms with Gasteiger partial charge in [0.25, 0.3) is 0 Å². The number of para-hydroxylation sites is 1. The number of carboxylic acids is 1. The fourth-order valence-corrected chi connectivity index (χ4v) is 2.23. The Kier molecular flexibility index (Phi) is 3.87. The van der Waals surface area contributed by atoms with E-state index in [4.69, 9.17) is 4.74 Å². The molecule has 2 N–H and O–H groups in total. The van der Waals surface area contributed by atoms with Crippen LogP contribution in [0.5, 0.6) is 5.75 Å². The number of likely N-dealkylation sites (N-methyl/N-ethyl adjacent to an activating group) is 1. The second-order valence-electron chi connectivity index (χ2n) is 4.68. The summed E-state index contributed by atoms with van der Waals surface area (Å²) in [5, 5.41) is 12.6. The van der Waals surface area contributed by atoms with E-state index in [1.807, 2.05) is 37.3 Å². The number of carboxylic acid groups (broad SMARTS) is 1. The summed E-state index contributed by atoms with van der Waals surface area (Å²) in [6.07, 6.45) is 1.91. The molecule has 0 amide bonds. The third kappa shape index (κ3) is 2.64. The summed E-state index contributed by atoms with van der Waals surface area (Å²) in [5.74, 6) is 0.0723. The van der Waals surface area contributed by atoms with Gasteiger partial charge in [-0.1, -0.05) is 25.1 Å². The molecule has 0 bridgehead atoms. The average Bonchev–Trinajstić information content (AvgIpc) is 3.20. The summed E-state index contributed by atoms with van der Waals surface area (Å²) >= 11 is 0. The highest BCUT2D eigenvalue weighted by atomic mass is 16.5. The summed E-state index contributed by atoms with van der Waals surface area (Å²) in [6, 6.07) is 9.34. The second kappa shape index (κ2) is 5.40. The predicted octanol–water partition coefficient (Wildman–Crippen LogP) is 1.91. The topological polar surface area (TPSA) is 58.6 Å². The van der Waals surface area contributed by atoms with Gasteiger partial charge in [0.15, 0.2) is 5.54 Å². The molecule has 0 heterocycles. The van der Waals surface area contributed by atoms with E-state index in [0.29, 0.717) is 12.3 Å². The Morgan fingerprint density at radius 3 is 2.61 bits per heavy atom. The lowest BCUT2D eigenvalue weighted by Crippen LogP contribution is -2.58. The number of hydrogen-bond acceptors (Lipinski definition) is 3. The van der Waals surface area contributed by atoms with Crippen molar-refractivity contribution in [3.05, 3.63) is 30.3 Å². The Hall–Kier alpha value is -1.55. The molecule has 0 radical (unpaired) electrons. The molecule has 1 atom stereocenters. The molecule has 0 aromatic heterocycles. The third-order valence-corrected chi connectivity index (χ3v) is 3.36. The van der Waals surface area contributed by atoms with E-state index in [0.717, 1.165) is 12.8 Å². The van der Waals surface area contributed by atoms with Crippen LogP contribution in [0.1, 0.15) is 19.8 Å². The van der Waals surface area contributed by atoms with Crippen LogP contribution in [-0.4, -0.2) is 29.8 Å². The van der Waals surface area contributed by atoms with Gasteiger partial charge in [0, 0.05) is 0 Å². The first-order chi connectivity index (χ1) is 8.69. The number of aliphatic carboxylic acids is 1. The molecule has 1 saturated carbocycles. The fraction of sp³-hybridized carbons (Fsp3) is 0.500. The standard InChI is InChI=1S/C14H19NO3/c1-2-15-14(13(16)17,11-8-9-11)10-18-12-6-4-3-5-7-12/h3-7,11,15H,2,8-10H2,1H3,(H,16,17). The van der Waals surface area contributed by atoms with Gasteiger partial charge in [0.2, 0.25) is 0 Å². The zero-order valence-electron chi connectivity index (χ0n) is 10.6. The van der Waals surface area contributed by atoms with Crippen molar-refractivity contribution in [1.82, 2.24) is 5.32 Å². The average molecular weight is 249 g/mol. The molecule has 1 aliphatic rings. The number of benzene rings is 1. The summed E-state index contributed by atoms with van der Waals surface area (Å²) < 4.78 is 5.64. The minimum atomic E-state index is -0.940. The first kappa shape index (κ1) is 12.9. The van der Waals surface area contributed by atoms with Crippen LogP contribution in [0.15, 0.2) is 30.3 Å². The summed E-state index contributed by atoms with van der Waals surface area (Å²) in [6.45, 7) is 2.72. The Bertz CT molecular complexity index is 403. The smallest absolute Gasteiger partial charge is 0.327 e. The fourth-order valence-electron chi connectivity index (χ4n) is 2.23. The highest BCUT2D eigenvalue weighted by Crippen LogP contribution is 2.40. The summed E-state index contributed by atoms with van der Waals surface area (Å²) in [7, 11) is 0. The summed E-state index contributed by atoms with van der Waals surface area (Å²) in [4.78, 5) is 11.6. The Balaban J connectivity index is 2.07. The number of rotatable bonds is 7. The van der Waals surface area contributed by atoms with E-state index >= 15 is 0 Å². The van der Waals surface area contributed by atoms with Crippen LogP contribution in [0.3, 0.4) is 0 Å². The Labute approximate surface area is 107 Å². The van der Waals surface area contributed by atoms with E-state index in [2.05, 4.69) is 5.32 Å². The highest BCUT2D eigenvalue weighted by molar-refractivity contribution is 5.80. The van der Waals surface area contributed by atoms with E-state index < -0.39 is 11.5 Å². The highest BCUT2D eigenvalue weighted by Gasteiger charge is 2.51. The zero-order valence-corrected chi connectivity index (χ0v) is 10.6. The van der Waals surface area contributed by atoms with Crippen molar-refractivity contribution in [2.45, 2.75) is 25.3 Å². The maximum atomic E-state index is 11.6. The molecule has 1 unspecified atom stereocenters. The summed E-state index contributed by atoms with van der Waals surface area (Å²) in [5.41, 5.74) is -0.940. The Morgan fingerprint density at radius 2 is 2.11 bits per heavy atom. The monoisotopic (exact) mass is 249 g/mol.